The second kappa shape index (κ2) is 20.4. The van der Waals surface area contributed by atoms with Crippen LogP contribution in [0, 0.1) is 5.92 Å². The average Bonchev–Trinajstić information content (AvgIpc) is 3.09. The van der Waals surface area contributed by atoms with Gasteiger partial charge in [-0.15, -0.1) is 0 Å². The lowest BCUT2D eigenvalue weighted by molar-refractivity contribution is -0.154. The molecule has 0 spiro atoms. The lowest BCUT2D eigenvalue weighted by Crippen LogP contribution is -2.62. The molecular formula is C34H47N9O10. The fraction of sp³-hybridized carbons (Fsp3) is 0.471. The summed E-state index contributed by atoms with van der Waals surface area (Å²) in [5, 5.41) is 49.6. The minimum Gasteiger partial charge on any atom is -0.508 e. The molecule has 0 saturated carbocycles. The minimum atomic E-state index is -1.80. The van der Waals surface area contributed by atoms with Crippen LogP contribution in [0.4, 0.5) is 5.69 Å². The van der Waals surface area contributed by atoms with Gasteiger partial charge >= 0.3 is 5.97 Å². The lowest BCUT2D eigenvalue weighted by Gasteiger charge is -2.33. The van der Waals surface area contributed by atoms with E-state index in [1.807, 2.05) is 0 Å². The Hall–Kier alpha value is -5.59. The summed E-state index contributed by atoms with van der Waals surface area (Å²) in [6.45, 7) is 4.74. The van der Waals surface area contributed by atoms with Gasteiger partial charge in [0, 0.05) is 10.6 Å². The number of carbonyl (C=O) groups is 6. The van der Waals surface area contributed by atoms with Gasteiger partial charge < -0.3 is 47.8 Å². The van der Waals surface area contributed by atoms with Crippen molar-refractivity contribution < 1.29 is 49.2 Å². The first-order valence-electron chi connectivity index (χ1n) is 16.6. The van der Waals surface area contributed by atoms with E-state index in [0.29, 0.717) is 16.0 Å². The summed E-state index contributed by atoms with van der Waals surface area (Å²) in [5.74, 6) is -7.08. The van der Waals surface area contributed by atoms with Crippen LogP contribution >= 0.6 is 0 Å². The van der Waals surface area contributed by atoms with Crippen LogP contribution in [0.3, 0.4) is 0 Å². The van der Waals surface area contributed by atoms with E-state index in [2.05, 4.69) is 26.0 Å². The molecule has 0 saturated heterocycles. The number of aliphatic hydroxyl groups excluding tert-OH is 2. The molecule has 0 bridgehead atoms. The molecule has 2 aromatic rings. The van der Waals surface area contributed by atoms with Crippen LogP contribution in [0.15, 0.2) is 53.6 Å². The first-order valence-corrected chi connectivity index (χ1v) is 16.6. The predicted octanol–water partition coefficient (Wildman–Crippen LogP) is -0.524. The Kier molecular flexibility index (Phi) is 16.8. The third-order valence-corrected chi connectivity index (χ3v) is 7.94. The van der Waals surface area contributed by atoms with Gasteiger partial charge in [0.15, 0.2) is 6.04 Å². The molecule has 7 atom stereocenters. The summed E-state index contributed by atoms with van der Waals surface area (Å²) in [7, 11) is 0. The molecule has 11 N–H and O–H groups in total. The van der Waals surface area contributed by atoms with Gasteiger partial charge in [0.1, 0.15) is 17.8 Å². The minimum absolute atomic E-state index is 0.00738. The van der Waals surface area contributed by atoms with E-state index in [9.17, 15) is 49.2 Å². The molecule has 2 rings (SSSR count). The number of phenolic OH excluding ortho intramolecular Hbond substituents is 1. The highest BCUT2D eigenvalue weighted by atomic mass is 16.4. The molecular weight excluding hydrogens is 694 g/mol. The van der Waals surface area contributed by atoms with Crippen molar-refractivity contribution >= 4 is 41.2 Å². The molecule has 19 nitrogen and oxygen atoms in total. The zero-order valence-electron chi connectivity index (χ0n) is 29.7. The van der Waals surface area contributed by atoms with Crippen molar-refractivity contribution in [1.82, 2.24) is 20.9 Å². The number of azide groups is 1. The number of nitrogens with one attached hydrogen (secondary N) is 3. The SMILES string of the molecule is CC(C)C[C@@H](C(=O)N[C@H](C(=O)O)[C@@H](C)O)N(C(=O)CNC(=O)[C@@H](NC(=O)[C@@H](N)Cc1ccc(O)cc1)[C@@H](C)O)C(=O)[C@@H](N)Cc1ccc(N=[N+]=[N-])cc1. The molecule has 2 aromatic carbocycles. The Morgan fingerprint density at radius 1 is 0.792 bits per heavy atom. The maximum absolute atomic E-state index is 13.9. The molecule has 0 radical (unpaired) electrons. The summed E-state index contributed by atoms with van der Waals surface area (Å²) in [4.78, 5) is 82.5. The normalized spacial score (nSPS) is 15.0. The zero-order chi connectivity index (χ0) is 40.0. The molecule has 0 aliphatic rings. The molecule has 0 aliphatic heterocycles. The number of nitrogens with two attached hydrogens (primary N) is 2. The first-order chi connectivity index (χ1) is 24.9. The van der Waals surface area contributed by atoms with Gasteiger partial charge in [-0.05, 0) is 67.8 Å². The quantitative estimate of drug-likeness (QED) is 0.0499. The number of amides is 5. The number of hydrogen-bond acceptors (Lipinski definition) is 12. The number of carboxylic acids is 1. The maximum Gasteiger partial charge on any atom is 0.328 e. The van der Waals surface area contributed by atoms with Gasteiger partial charge in [-0.25, -0.2) is 4.79 Å². The fourth-order valence-corrected chi connectivity index (χ4v) is 5.14. The number of nitrogens with zero attached hydrogens (tertiary/aromatic N) is 4. The number of carbonyl (C=O) groups excluding carboxylic acids is 5. The number of phenols is 1. The molecule has 288 valence electrons. The van der Waals surface area contributed by atoms with E-state index in [1.54, 1.807) is 26.0 Å². The average molecular weight is 742 g/mol. The summed E-state index contributed by atoms with van der Waals surface area (Å²) in [6.07, 6.45) is -3.37. The second-order valence-corrected chi connectivity index (χ2v) is 12.9. The van der Waals surface area contributed by atoms with Gasteiger partial charge in [0.25, 0.3) is 0 Å². The first kappa shape index (κ1) is 43.6. The maximum atomic E-state index is 13.9. The van der Waals surface area contributed by atoms with Crippen LogP contribution in [-0.2, 0) is 41.6 Å². The Morgan fingerprint density at radius 2 is 1.30 bits per heavy atom. The van der Waals surface area contributed by atoms with E-state index in [-0.39, 0.29) is 36.6 Å². The Labute approximate surface area is 305 Å². The predicted molar refractivity (Wildman–Crippen MR) is 190 cm³/mol. The molecule has 5 amide bonds. The topological polar surface area (TPSA) is 323 Å². The smallest absolute Gasteiger partial charge is 0.328 e. The number of aliphatic hydroxyl groups is 2. The molecule has 0 aromatic heterocycles. The molecule has 0 unspecified atom stereocenters. The lowest BCUT2D eigenvalue weighted by atomic mass is 9.98. The summed E-state index contributed by atoms with van der Waals surface area (Å²) in [6, 6.07) is 4.21. The van der Waals surface area contributed by atoms with Crippen molar-refractivity contribution in [2.75, 3.05) is 6.54 Å². The zero-order valence-corrected chi connectivity index (χ0v) is 29.7. The van der Waals surface area contributed by atoms with E-state index in [1.165, 1.54) is 43.3 Å². The number of hydrogen-bond donors (Lipinski definition) is 9. The van der Waals surface area contributed by atoms with Crippen LogP contribution in [0.25, 0.3) is 10.4 Å². The van der Waals surface area contributed by atoms with Gasteiger partial charge in [-0.2, -0.15) is 0 Å². The van der Waals surface area contributed by atoms with E-state index < -0.39 is 84.5 Å². The van der Waals surface area contributed by atoms with Gasteiger partial charge in [0.05, 0.1) is 30.8 Å². The number of rotatable bonds is 19. The van der Waals surface area contributed by atoms with Crippen molar-refractivity contribution in [2.24, 2.45) is 22.5 Å². The van der Waals surface area contributed by atoms with Crippen LogP contribution in [0.2, 0.25) is 0 Å². The fourth-order valence-electron chi connectivity index (χ4n) is 5.14. The Balaban J connectivity index is 2.37. The highest BCUT2D eigenvalue weighted by molar-refractivity contribution is 6.04. The standard InChI is InChI=1S/C34H47N9O10/c1-17(2)13-26(31(49)40-29(19(4)45)34(52)53)43(33(51)25(36)15-20-5-9-22(10-6-20)41-42-37)27(47)16-38-32(50)28(18(3)44)39-30(48)24(35)14-21-7-11-23(46)12-8-21/h5-12,17-19,24-26,28-29,44-46H,13-16,35-36H2,1-4H3,(H,38,50)(H,39,48)(H,40,49)(H,52,53)/t18-,19-,24+,25+,26+,28+,29+/m1/s1. The third-order valence-electron chi connectivity index (χ3n) is 7.94. The number of carboxylic acid groups (broad SMARTS) is 1. The number of aromatic hydroxyl groups is 1. The Morgan fingerprint density at radius 3 is 1.79 bits per heavy atom. The number of benzene rings is 2. The van der Waals surface area contributed by atoms with Crippen LogP contribution < -0.4 is 27.4 Å². The molecule has 19 heteroatoms. The van der Waals surface area contributed by atoms with Gasteiger partial charge in [0.2, 0.25) is 29.5 Å². The number of aliphatic carboxylic acids is 1. The third kappa shape index (κ3) is 13.5. The summed E-state index contributed by atoms with van der Waals surface area (Å²) < 4.78 is 0. The van der Waals surface area contributed by atoms with Crippen LogP contribution in [0.5, 0.6) is 5.75 Å². The summed E-state index contributed by atoms with van der Waals surface area (Å²) in [5.41, 5.74) is 22.3. The Bertz CT molecular complexity index is 1640. The highest BCUT2D eigenvalue weighted by Crippen LogP contribution is 2.18. The van der Waals surface area contributed by atoms with Crippen LogP contribution in [0.1, 0.15) is 45.2 Å². The van der Waals surface area contributed by atoms with Crippen molar-refractivity contribution in [3.8, 4) is 5.75 Å². The van der Waals surface area contributed by atoms with Crippen molar-refractivity contribution in [3.05, 3.63) is 70.1 Å². The van der Waals surface area contributed by atoms with Gasteiger partial charge in [-0.3, -0.25) is 28.9 Å². The van der Waals surface area contributed by atoms with Gasteiger partial charge in [-0.1, -0.05) is 55.4 Å². The van der Waals surface area contributed by atoms with Crippen molar-refractivity contribution in [3.63, 3.8) is 0 Å². The number of imide groups is 1. The highest BCUT2D eigenvalue weighted by Gasteiger charge is 2.40. The monoisotopic (exact) mass is 741 g/mol. The molecule has 0 fully saturated rings. The van der Waals surface area contributed by atoms with E-state index in [4.69, 9.17) is 17.0 Å². The molecule has 53 heavy (non-hydrogen) atoms. The second-order valence-electron chi connectivity index (χ2n) is 12.9. The van der Waals surface area contributed by atoms with E-state index >= 15 is 0 Å². The van der Waals surface area contributed by atoms with Crippen molar-refractivity contribution in [2.45, 2.75) is 89.4 Å². The van der Waals surface area contributed by atoms with Crippen LogP contribution in [-0.4, -0.2) is 110 Å². The van der Waals surface area contributed by atoms with E-state index in [0.717, 1.165) is 6.92 Å². The largest absolute Gasteiger partial charge is 0.508 e. The van der Waals surface area contributed by atoms with Crippen molar-refractivity contribution in [1.29, 1.82) is 0 Å². The molecule has 0 aliphatic carbocycles. The molecule has 0 heterocycles. The summed E-state index contributed by atoms with van der Waals surface area (Å²) >= 11 is 0.